The SMILES string of the molecule is CC(Oc1ccc2ccccc2c1)C(=O)NNC(=O)CNC(=O)c1ccc(Cl)cc1Cl. The molecule has 3 amide bonds. The number of nitrogens with one attached hydrogen (secondary N) is 3. The minimum atomic E-state index is -0.857. The predicted molar refractivity (Wildman–Crippen MR) is 119 cm³/mol. The highest BCUT2D eigenvalue weighted by Gasteiger charge is 2.16. The molecule has 0 heterocycles. The van der Waals surface area contributed by atoms with Crippen LogP contribution in [-0.2, 0) is 9.59 Å². The Kier molecular flexibility index (Phi) is 7.33. The molecular weight excluding hydrogens is 441 g/mol. The lowest BCUT2D eigenvalue weighted by atomic mass is 10.1. The summed E-state index contributed by atoms with van der Waals surface area (Å²) in [7, 11) is 0. The Labute approximate surface area is 188 Å². The van der Waals surface area contributed by atoms with Crippen molar-refractivity contribution >= 4 is 51.7 Å². The van der Waals surface area contributed by atoms with E-state index in [1.54, 1.807) is 13.0 Å². The summed E-state index contributed by atoms with van der Waals surface area (Å²) in [5.74, 6) is -1.19. The van der Waals surface area contributed by atoms with Crippen molar-refractivity contribution in [3.63, 3.8) is 0 Å². The first-order valence-corrected chi connectivity index (χ1v) is 10.1. The Hall–Kier alpha value is -3.29. The lowest BCUT2D eigenvalue weighted by Gasteiger charge is -2.15. The van der Waals surface area contributed by atoms with E-state index in [0.717, 1.165) is 10.8 Å². The average molecular weight is 460 g/mol. The van der Waals surface area contributed by atoms with E-state index in [2.05, 4.69) is 16.2 Å². The zero-order chi connectivity index (χ0) is 22.4. The first-order chi connectivity index (χ1) is 14.8. The molecule has 0 saturated carbocycles. The fourth-order valence-corrected chi connectivity index (χ4v) is 3.20. The van der Waals surface area contributed by atoms with Gasteiger partial charge in [0.1, 0.15) is 5.75 Å². The largest absolute Gasteiger partial charge is 0.481 e. The quantitative estimate of drug-likeness (QED) is 0.491. The molecule has 9 heteroatoms. The second-order valence-corrected chi connectivity index (χ2v) is 7.46. The maximum absolute atomic E-state index is 12.2. The van der Waals surface area contributed by atoms with Crippen molar-refractivity contribution in [3.8, 4) is 5.75 Å². The molecule has 3 N–H and O–H groups in total. The maximum Gasteiger partial charge on any atom is 0.279 e. The Morgan fingerprint density at radius 2 is 1.68 bits per heavy atom. The van der Waals surface area contributed by atoms with Crippen LogP contribution in [0.1, 0.15) is 17.3 Å². The van der Waals surface area contributed by atoms with Gasteiger partial charge in [0.2, 0.25) is 0 Å². The molecule has 0 saturated heterocycles. The number of hydrazine groups is 1. The van der Waals surface area contributed by atoms with Crippen LogP contribution in [0, 0.1) is 0 Å². The van der Waals surface area contributed by atoms with Gasteiger partial charge < -0.3 is 10.1 Å². The molecule has 1 atom stereocenters. The van der Waals surface area contributed by atoms with Gasteiger partial charge in [0, 0.05) is 5.02 Å². The van der Waals surface area contributed by atoms with Gasteiger partial charge in [0.05, 0.1) is 17.1 Å². The first kappa shape index (κ1) is 22.4. The van der Waals surface area contributed by atoms with Crippen LogP contribution in [0.4, 0.5) is 0 Å². The summed E-state index contributed by atoms with van der Waals surface area (Å²) in [5, 5.41) is 5.00. The second-order valence-electron chi connectivity index (χ2n) is 6.61. The number of fused-ring (bicyclic) bond motifs is 1. The van der Waals surface area contributed by atoms with Crippen LogP contribution in [0.2, 0.25) is 10.0 Å². The van der Waals surface area contributed by atoms with E-state index in [-0.39, 0.29) is 17.1 Å². The van der Waals surface area contributed by atoms with Crippen LogP contribution in [0.5, 0.6) is 5.75 Å². The summed E-state index contributed by atoms with van der Waals surface area (Å²) in [6.07, 6.45) is -0.857. The predicted octanol–water partition coefficient (Wildman–Crippen LogP) is 3.49. The van der Waals surface area contributed by atoms with Gasteiger partial charge in [0.25, 0.3) is 17.7 Å². The van der Waals surface area contributed by atoms with Crippen molar-refractivity contribution < 1.29 is 19.1 Å². The highest BCUT2D eigenvalue weighted by atomic mass is 35.5. The zero-order valence-electron chi connectivity index (χ0n) is 16.4. The van der Waals surface area contributed by atoms with Gasteiger partial charge in [-0.1, -0.05) is 53.5 Å². The average Bonchev–Trinajstić information content (AvgIpc) is 2.75. The van der Waals surface area contributed by atoms with E-state index in [9.17, 15) is 14.4 Å². The third kappa shape index (κ3) is 6.10. The highest BCUT2D eigenvalue weighted by molar-refractivity contribution is 6.36. The topological polar surface area (TPSA) is 96.5 Å². The molecule has 3 aromatic carbocycles. The number of halogens is 2. The molecule has 0 aliphatic carbocycles. The molecule has 0 aliphatic heterocycles. The molecule has 0 fully saturated rings. The molecule has 0 aliphatic rings. The van der Waals surface area contributed by atoms with Gasteiger partial charge in [-0.3, -0.25) is 25.2 Å². The zero-order valence-corrected chi connectivity index (χ0v) is 18.0. The molecule has 3 rings (SSSR count). The van der Waals surface area contributed by atoms with Gasteiger partial charge >= 0.3 is 0 Å². The van der Waals surface area contributed by atoms with Gasteiger partial charge in [-0.25, -0.2) is 0 Å². The van der Waals surface area contributed by atoms with Crippen LogP contribution in [0.15, 0.2) is 60.7 Å². The lowest BCUT2D eigenvalue weighted by molar-refractivity contribution is -0.132. The molecular formula is C22H19Cl2N3O4. The summed E-state index contributed by atoms with van der Waals surface area (Å²) < 4.78 is 5.64. The van der Waals surface area contributed by atoms with E-state index >= 15 is 0 Å². The summed E-state index contributed by atoms with van der Waals surface area (Å²) >= 11 is 11.8. The van der Waals surface area contributed by atoms with E-state index < -0.39 is 23.8 Å². The summed E-state index contributed by atoms with van der Waals surface area (Å²) in [6.45, 7) is 1.19. The number of hydrogen-bond donors (Lipinski definition) is 3. The van der Waals surface area contributed by atoms with Crippen LogP contribution in [-0.4, -0.2) is 30.4 Å². The standard InChI is InChI=1S/C22H19Cl2N3O4/c1-13(31-17-8-6-14-4-2-3-5-15(14)10-17)21(29)27-26-20(28)12-25-22(30)18-9-7-16(23)11-19(18)24/h2-11,13H,12H2,1H3,(H,25,30)(H,26,28)(H,27,29). The van der Waals surface area contributed by atoms with Crippen LogP contribution in [0.3, 0.4) is 0 Å². The molecule has 3 aromatic rings. The number of hydrogen-bond acceptors (Lipinski definition) is 4. The Morgan fingerprint density at radius 3 is 2.42 bits per heavy atom. The summed E-state index contributed by atoms with van der Waals surface area (Å²) in [6, 6.07) is 17.7. The molecule has 31 heavy (non-hydrogen) atoms. The normalized spacial score (nSPS) is 11.5. The molecule has 0 radical (unpaired) electrons. The summed E-state index contributed by atoms with van der Waals surface area (Å²) in [4.78, 5) is 36.2. The lowest BCUT2D eigenvalue weighted by Crippen LogP contribution is -2.50. The fraction of sp³-hybridized carbons (Fsp3) is 0.136. The number of ether oxygens (including phenoxy) is 1. The van der Waals surface area contributed by atoms with Gasteiger partial charge in [0.15, 0.2) is 6.10 Å². The highest BCUT2D eigenvalue weighted by Crippen LogP contribution is 2.22. The third-order valence-corrected chi connectivity index (χ3v) is 4.86. The van der Waals surface area contributed by atoms with Gasteiger partial charge in [-0.15, -0.1) is 0 Å². The number of carbonyl (C=O) groups excluding carboxylic acids is 3. The van der Waals surface area contributed by atoms with Crippen molar-refractivity contribution in [3.05, 3.63) is 76.3 Å². The number of amides is 3. The smallest absolute Gasteiger partial charge is 0.279 e. The minimum Gasteiger partial charge on any atom is -0.481 e. The molecule has 0 spiro atoms. The van der Waals surface area contributed by atoms with Crippen molar-refractivity contribution in [1.29, 1.82) is 0 Å². The molecule has 0 bridgehead atoms. The maximum atomic E-state index is 12.2. The van der Waals surface area contributed by atoms with Gasteiger partial charge in [-0.2, -0.15) is 0 Å². The van der Waals surface area contributed by atoms with E-state index in [1.807, 2.05) is 36.4 Å². The molecule has 1 unspecified atom stereocenters. The van der Waals surface area contributed by atoms with Crippen molar-refractivity contribution in [2.24, 2.45) is 0 Å². The number of rotatable bonds is 6. The first-order valence-electron chi connectivity index (χ1n) is 9.31. The third-order valence-electron chi connectivity index (χ3n) is 4.31. The molecule has 160 valence electrons. The van der Waals surface area contributed by atoms with E-state index in [0.29, 0.717) is 10.8 Å². The van der Waals surface area contributed by atoms with Crippen LogP contribution < -0.4 is 20.9 Å². The molecule has 0 aromatic heterocycles. The van der Waals surface area contributed by atoms with Crippen molar-refractivity contribution in [2.45, 2.75) is 13.0 Å². The van der Waals surface area contributed by atoms with E-state index in [4.69, 9.17) is 27.9 Å². The fourth-order valence-electron chi connectivity index (χ4n) is 2.70. The van der Waals surface area contributed by atoms with Crippen molar-refractivity contribution in [2.75, 3.05) is 6.54 Å². The Morgan fingerprint density at radius 1 is 0.935 bits per heavy atom. The summed E-state index contributed by atoms with van der Waals surface area (Å²) in [5.41, 5.74) is 4.67. The second kappa shape index (κ2) is 10.1. The Bertz CT molecular complexity index is 1140. The molecule has 7 nitrogen and oxygen atoms in total. The van der Waals surface area contributed by atoms with Crippen LogP contribution >= 0.6 is 23.2 Å². The monoisotopic (exact) mass is 459 g/mol. The number of benzene rings is 3. The Balaban J connectivity index is 1.45. The minimum absolute atomic E-state index is 0.165. The van der Waals surface area contributed by atoms with Crippen LogP contribution in [0.25, 0.3) is 10.8 Å². The van der Waals surface area contributed by atoms with Gasteiger partial charge in [-0.05, 0) is 48.0 Å². The number of carbonyl (C=O) groups is 3. The van der Waals surface area contributed by atoms with Crippen molar-refractivity contribution in [1.82, 2.24) is 16.2 Å². The van der Waals surface area contributed by atoms with E-state index in [1.165, 1.54) is 18.2 Å².